The standard InChI is InChI=1S/C13H14N2O/c1-3-11-4-6-13(7-5-11)15-9-12(8-14-15)10(2)16/h4-9H,3H2,1-2H3. The van der Waals surface area contributed by atoms with E-state index in [1.165, 1.54) is 5.56 Å². The van der Waals surface area contributed by atoms with E-state index in [0.717, 1.165) is 12.1 Å². The van der Waals surface area contributed by atoms with Gasteiger partial charge >= 0.3 is 0 Å². The number of hydrogen-bond acceptors (Lipinski definition) is 2. The van der Waals surface area contributed by atoms with Crippen LogP contribution < -0.4 is 0 Å². The van der Waals surface area contributed by atoms with Gasteiger partial charge in [0.15, 0.2) is 5.78 Å². The van der Waals surface area contributed by atoms with Gasteiger partial charge in [-0.1, -0.05) is 19.1 Å². The van der Waals surface area contributed by atoms with Gasteiger partial charge < -0.3 is 0 Å². The summed E-state index contributed by atoms with van der Waals surface area (Å²) in [6.45, 7) is 3.66. The molecule has 16 heavy (non-hydrogen) atoms. The van der Waals surface area contributed by atoms with E-state index in [1.807, 2.05) is 12.1 Å². The van der Waals surface area contributed by atoms with Gasteiger partial charge in [-0.25, -0.2) is 4.68 Å². The van der Waals surface area contributed by atoms with Gasteiger partial charge in [-0.15, -0.1) is 0 Å². The quantitative estimate of drug-likeness (QED) is 0.736. The molecule has 3 nitrogen and oxygen atoms in total. The Kier molecular flexibility index (Phi) is 2.86. The Hall–Kier alpha value is -1.90. The number of carbonyl (C=O) groups is 1. The zero-order valence-electron chi connectivity index (χ0n) is 9.47. The average molecular weight is 214 g/mol. The molecule has 1 aromatic heterocycles. The topological polar surface area (TPSA) is 34.9 Å². The molecule has 0 fully saturated rings. The van der Waals surface area contributed by atoms with Crippen LogP contribution in [-0.4, -0.2) is 15.6 Å². The molecule has 0 aliphatic heterocycles. The van der Waals surface area contributed by atoms with Crippen LogP contribution in [0.3, 0.4) is 0 Å². The Bertz CT molecular complexity index is 497. The largest absolute Gasteiger partial charge is 0.294 e. The lowest BCUT2D eigenvalue weighted by Crippen LogP contribution is -1.94. The van der Waals surface area contributed by atoms with E-state index < -0.39 is 0 Å². The summed E-state index contributed by atoms with van der Waals surface area (Å²) in [6, 6.07) is 8.17. The summed E-state index contributed by atoms with van der Waals surface area (Å²) in [6.07, 6.45) is 4.37. The van der Waals surface area contributed by atoms with E-state index >= 15 is 0 Å². The molecular weight excluding hydrogens is 200 g/mol. The van der Waals surface area contributed by atoms with Gasteiger partial charge in [0.2, 0.25) is 0 Å². The highest BCUT2D eigenvalue weighted by Gasteiger charge is 2.04. The maximum Gasteiger partial charge on any atom is 0.162 e. The van der Waals surface area contributed by atoms with Gasteiger partial charge in [0.1, 0.15) is 0 Å². The van der Waals surface area contributed by atoms with Crippen LogP contribution >= 0.6 is 0 Å². The van der Waals surface area contributed by atoms with Crippen molar-refractivity contribution < 1.29 is 4.79 Å². The predicted octanol–water partition coefficient (Wildman–Crippen LogP) is 2.64. The summed E-state index contributed by atoms with van der Waals surface area (Å²) < 4.78 is 1.72. The number of ketones is 1. The molecule has 0 atom stereocenters. The fourth-order valence-corrected chi connectivity index (χ4v) is 1.53. The summed E-state index contributed by atoms with van der Waals surface area (Å²) in [5.41, 5.74) is 2.91. The van der Waals surface area contributed by atoms with Gasteiger partial charge in [0.25, 0.3) is 0 Å². The normalized spacial score (nSPS) is 10.4. The van der Waals surface area contributed by atoms with Crippen LogP contribution in [0.4, 0.5) is 0 Å². The highest BCUT2D eigenvalue weighted by atomic mass is 16.1. The lowest BCUT2D eigenvalue weighted by molar-refractivity contribution is 0.101. The predicted molar refractivity (Wildman–Crippen MR) is 62.9 cm³/mol. The molecule has 2 rings (SSSR count). The first-order chi connectivity index (χ1) is 7.70. The molecule has 0 aliphatic carbocycles. The van der Waals surface area contributed by atoms with Crippen molar-refractivity contribution in [2.45, 2.75) is 20.3 Å². The molecule has 0 saturated heterocycles. The third kappa shape index (κ3) is 2.03. The van der Waals surface area contributed by atoms with Crippen LogP contribution in [0.1, 0.15) is 29.8 Å². The van der Waals surface area contributed by atoms with E-state index in [9.17, 15) is 4.79 Å². The van der Waals surface area contributed by atoms with Crippen LogP contribution in [0, 0.1) is 0 Å². The maximum atomic E-state index is 11.1. The van der Waals surface area contributed by atoms with E-state index in [-0.39, 0.29) is 5.78 Å². The third-order valence-corrected chi connectivity index (χ3v) is 2.60. The minimum Gasteiger partial charge on any atom is -0.294 e. The smallest absolute Gasteiger partial charge is 0.162 e. The Labute approximate surface area is 94.7 Å². The summed E-state index contributed by atoms with van der Waals surface area (Å²) >= 11 is 0. The lowest BCUT2D eigenvalue weighted by Gasteiger charge is -2.02. The summed E-state index contributed by atoms with van der Waals surface area (Å²) in [5, 5.41) is 4.16. The van der Waals surface area contributed by atoms with Gasteiger partial charge in [-0.2, -0.15) is 5.10 Å². The molecule has 3 heteroatoms. The van der Waals surface area contributed by atoms with Crippen LogP contribution in [0.2, 0.25) is 0 Å². The fraction of sp³-hybridized carbons (Fsp3) is 0.231. The highest BCUT2D eigenvalue weighted by Crippen LogP contribution is 2.10. The minimum atomic E-state index is 0.0384. The SMILES string of the molecule is CCc1ccc(-n2cc(C(C)=O)cn2)cc1. The highest BCUT2D eigenvalue weighted by molar-refractivity contribution is 5.93. The Morgan fingerprint density at radius 1 is 1.31 bits per heavy atom. The number of hydrogen-bond donors (Lipinski definition) is 0. The number of aryl methyl sites for hydroxylation is 1. The van der Waals surface area contributed by atoms with Gasteiger partial charge in [-0.05, 0) is 31.0 Å². The second kappa shape index (κ2) is 4.31. The van der Waals surface area contributed by atoms with Crippen LogP contribution in [0.5, 0.6) is 0 Å². The van der Waals surface area contributed by atoms with Crippen LogP contribution in [0.25, 0.3) is 5.69 Å². The third-order valence-electron chi connectivity index (χ3n) is 2.60. The van der Waals surface area contributed by atoms with E-state index in [0.29, 0.717) is 5.56 Å². The number of carbonyl (C=O) groups excluding carboxylic acids is 1. The van der Waals surface area contributed by atoms with Crippen molar-refractivity contribution >= 4 is 5.78 Å². The number of benzene rings is 1. The molecule has 0 N–H and O–H groups in total. The van der Waals surface area contributed by atoms with Gasteiger partial charge in [-0.3, -0.25) is 4.79 Å². The molecular formula is C13H14N2O. The lowest BCUT2D eigenvalue weighted by atomic mass is 10.1. The fourth-order valence-electron chi connectivity index (χ4n) is 1.53. The van der Waals surface area contributed by atoms with Crippen molar-refractivity contribution in [1.29, 1.82) is 0 Å². The number of rotatable bonds is 3. The number of nitrogens with zero attached hydrogens (tertiary/aromatic N) is 2. The van der Waals surface area contributed by atoms with Crippen LogP contribution in [-0.2, 0) is 6.42 Å². The molecule has 1 aromatic carbocycles. The molecule has 0 spiro atoms. The van der Waals surface area contributed by atoms with Gasteiger partial charge in [0, 0.05) is 6.20 Å². The zero-order valence-corrected chi connectivity index (χ0v) is 9.47. The maximum absolute atomic E-state index is 11.1. The molecule has 1 heterocycles. The monoisotopic (exact) mass is 214 g/mol. The van der Waals surface area contributed by atoms with Crippen molar-refractivity contribution in [1.82, 2.24) is 9.78 Å². The average Bonchev–Trinajstić information content (AvgIpc) is 2.78. The minimum absolute atomic E-state index is 0.0384. The van der Waals surface area contributed by atoms with Crippen molar-refractivity contribution in [3.05, 3.63) is 47.8 Å². The molecule has 0 bridgehead atoms. The summed E-state index contributed by atoms with van der Waals surface area (Å²) in [5.74, 6) is 0.0384. The first-order valence-electron chi connectivity index (χ1n) is 5.35. The zero-order chi connectivity index (χ0) is 11.5. The van der Waals surface area contributed by atoms with E-state index in [1.54, 1.807) is 24.0 Å². The number of aromatic nitrogens is 2. The Morgan fingerprint density at radius 3 is 2.50 bits per heavy atom. The summed E-state index contributed by atoms with van der Waals surface area (Å²) in [4.78, 5) is 11.1. The van der Waals surface area contributed by atoms with Crippen molar-refractivity contribution in [3.8, 4) is 5.69 Å². The molecule has 0 saturated carbocycles. The van der Waals surface area contributed by atoms with Crippen molar-refractivity contribution in [2.24, 2.45) is 0 Å². The molecule has 0 radical (unpaired) electrons. The van der Waals surface area contributed by atoms with Crippen molar-refractivity contribution in [2.75, 3.05) is 0 Å². The first kappa shape index (κ1) is 10.6. The second-order valence-electron chi connectivity index (χ2n) is 3.75. The van der Waals surface area contributed by atoms with E-state index in [4.69, 9.17) is 0 Å². The Balaban J connectivity index is 2.31. The summed E-state index contributed by atoms with van der Waals surface area (Å²) in [7, 11) is 0. The second-order valence-corrected chi connectivity index (χ2v) is 3.75. The molecule has 0 aliphatic rings. The molecule has 2 aromatic rings. The number of Topliss-reactive ketones (excluding diaryl/α,β-unsaturated/α-hetero) is 1. The van der Waals surface area contributed by atoms with Crippen LogP contribution in [0.15, 0.2) is 36.7 Å². The van der Waals surface area contributed by atoms with E-state index in [2.05, 4.69) is 24.2 Å². The molecule has 82 valence electrons. The molecule has 0 unspecified atom stereocenters. The molecule has 0 amide bonds. The van der Waals surface area contributed by atoms with Gasteiger partial charge in [0.05, 0.1) is 17.4 Å². The first-order valence-corrected chi connectivity index (χ1v) is 5.35. The Morgan fingerprint density at radius 2 is 2.00 bits per heavy atom. The van der Waals surface area contributed by atoms with Crippen molar-refractivity contribution in [3.63, 3.8) is 0 Å².